The van der Waals surface area contributed by atoms with Gasteiger partial charge in [-0.1, -0.05) is 0 Å². The molecule has 1 aliphatic heterocycles. The number of carbonyl (C=O) groups excluding carboxylic acids is 1. The number of thiazole rings is 1. The number of amides is 1. The SMILES string of the molecule is Cc1cnc(C(=O)N2CCC(c3csc4nccn34)CC2)cn1. The third-order valence-corrected chi connectivity index (χ3v) is 5.24. The summed E-state index contributed by atoms with van der Waals surface area (Å²) in [6, 6.07) is 0. The van der Waals surface area contributed by atoms with Gasteiger partial charge in [-0.2, -0.15) is 0 Å². The van der Waals surface area contributed by atoms with Gasteiger partial charge in [0.15, 0.2) is 4.96 Å². The van der Waals surface area contributed by atoms with Crippen molar-refractivity contribution in [2.45, 2.75) is 25.7 Å². The lowest BCUT2D eigenvalue weighted by molar-refractivity contribution is 0.0705. The fourth-order valence-corrected chi connectivity index (χ4v) is 4.01. The van der Waals surface area contributed by atoms with Crippen molar-refractivity contribution in [1.29, 1.82) is 0 Å². The molecule has 0 bridgehead atoms. The number of nitrogens with zero attached hydrogens (tertiary/aromatic N) is 5. The highest BCUT2D eigenvalue weighted by atomic mass is 32.1. The first-order valence-corrected chi connectivity index (χ1v) is 8.59. The fraction of sp³-hybridized carbons (Fsp3) is 0.375. The smallest absolute Gasteiger partial charge is 0.274 e. The van der Waals surface area contributed by atoms with Crippen LogP contribution in [-0.4, -0.2) is 43.2 Å². The number of rotatable bonds is 2. The Hall–Kier alpha value is -2.28. The minimum Gasteiger partial charge on any atom is -0.337 e. The highest BCUT2D eigenvalue weighted by molar-refractivity contribution is 7.15. The summed E-state index contributed by atoms with van der Waals surface area (Å²) in [7, 11) is 0. The lowest BCUT2D eigenvalue weighted by Crippen LogP contribution is -2.38. The zero-order chi connectivity index (χ0) is 15.8. The largest absolute Gasteiger partial charge is 0.337 e. The molecule has 0 radical (unpaired) electrons. The summed E-state index contributed by atoms with van der Waals surface area (Å²) in [6.07, 6.45) is 8.99. The van der Waals surface area contributed by atoms with Crippen LogP contribution in [0.2, 0.25) is 0 Å². The fourth-order valence-electron chi connectivity index (χ4n) is 3.08. The number of fused-ring (bicyclic) bond motifs is 1. The van der Waals surface area contributed by atoms with E-state index in [9.17, 15) is 4.79 Å². The Morgan fingerprint density at radius 1 is 1.22 bits per heavy atom. The van der Waals surface area contributed by atoms with E-state index < -0.39 is 0 Å². The van der Waals surface area contributed by atoms with E-state index in [0.717, 1.165) is 36.6 Å². The van der Waals surface area contributed by atoms with Gasteiger partial charge in [0.05, 0.1) is 11.9 Å². The molecule has 1 fully saturated rings. The van der Waals surface area contributed by atoms with E-state index in [0.29, 0.717) is 11.6 Å². The molecule has 23 heavy (non-hydrogen) atoms. The third kappa shape index (κ3) is 2.61. The van der Waals surface area contributed by atoms with Gasteiger partial charge < -0.3 is 4.90 Å². The van der Waals surface area contributed by atoms with Crippen molar-refractivity contribution in [2.75, 3.05) is 13.1 Å². The van der Waals surface area contributed by atoms with Crippen molar-refractivity contribution in [3.8, 4) is 0 Å². The minimum absolute atomic E-state index is 0.0194. The Labute approximate surface area is 137 Å². The van der Waals surface area contributed by atoms with Gasteiger partial charge >= 0.3 is 0 Å². The van der Waals surface area contributed by atoms with Crippen LogP contribution < -0.4 is 0 Å². The van der Waals surface area contributed by atoms with Crippen LogP contribution >= 0.6 is 11.3 Å². The number of likely N-dealkylation sites (tertiary alicyclic amines) is 1. The second-order valence-electron chi connectivity index (χ2n) is 5.85. The van der Waals surface area contributed by atoms with Crippen LogP contribution in [0, 0.1) is 6.92 Å². The molecular formula is C16H17N5OS. The van der Waals surface area contributed by atoms with E-state index in [2.05, 4.69) is 24.7 Å². The van der Waals surface area contributed by atoms with Crippen LogP contribution in [0.1, 0.15) is 40.6 Å². The minimum atomic E-state index is -0.0194. The maximum absolute atomic E-state index is 12.5. The highest BCUT2D eigenvalue weighted by Crippen LogP contribution is 2.31. The maximum Gasteiger partial charge on any atom is 0.274 e. The second kappa shape index (κ2) is 5.73. The van der Waals surface area contributed by atoms with E-state index in [1.54, 1.807) is 23.7 Å². The maximum atomic E-state index is 12.5. The van der Waals surface area contributed by atoms with E-state index >= 15 is 0 Å². The van der Waals surface area contributed by atoms with E-state index in [1.807, 2.05) is 24.2 Å². The first kappa shape index (κ1) is 14.3. The van der Waals surface area contributed by atoms with Gasteiger partial charge in [0.25, 0.3) is 5.91 Å². The summed E-state index contributed by atoms with van der Waals surface area (Å²) < 4.78 is 2.16. The van der Waals surface area contributed by atoms with Gasteiger partial charge in [-0.05, 0) is 19.8 Å². The Bertz CT molecular complexity index is 830. The number of aromatic nitrogens is 4. The molecule has 3 aromatic heterocycles. The number of carbonyl (C=O) groups is 1. The van der Waals surface area contributed by atoms with Gasteiger partial charge in [0.2, 0.25) is 0 Å². The molecule has 0 aliphatic carbocycles. The molecule has 7 heteroatoms. The first-order valence-electron chi connectivity index (χ1n) is 7.71. The molecule has 1 saturated heterocycles. The Kier molecular flexibility index (Phi) is 3.57. The molecule has 118 valence electrons. The molecule has 0 aromatic carbocycles. The zero-order valence-corrected chi connectivity index (χ0v) is 13.7. The summed E-state index contributed by atoms with van der Waals surface area (Å²) in [5.74, 6) is 0.458. The van der Waals surface area contributed by atoms with E-state index in [1.165, 1.54) is 5.69 Å². The molecule has 0 atom stereocenters. The van der Waals surface area contributed by atoms with Crippen molar-refractivity contribution < 1.29 is 4.79 Å². The monoisotopic (exact) mass is 327 g/mol. The Morgan fingerprint density at radius 3 is 2.78 bits per heavy atom. The molecule has 1 amide bonds. The molecule has 0 spiro atoms. The third-order valence-electron chi connectivity index (χ3n) is 4.37. The molecule has 4 rings (SSSR count). The predicted octanol–water partition coefficient (Wildman–Crippen LogP) is 2.51. The zero-order valence-electron chi connectivity index (χ0n) is 12.8. The van der Waals surface area contributed by atoms with Gasteiger partial charge in [0, 0.05) is 48.7 Å². The Morgan fingerprint density at radius 2 is 2.04 bits per heavy atom. The summed E-state index contributed by atoms with van der Waals surface area (Å²) in [5, 5.41) is 2.19. The Balaban J connectivity index is 1.45. The molecule has 0 saturated carbocycles. The summed E-state index contributed by atoms with van der Waals surface area (Å²) in [6.45, 7) is 3.38. The summed E-state index contributed by atoms with van der Waals surface area (Å²) in [5.41, 5.74) is 2.56. The van der Waals surface area contributed by atoms with Crippen molar-refractivity contribution in [3.05, 3.63) is 47.2 Å². The van der Waals surface area contributed by atoms with E-state index in [-0.39, 0.29) is 5.91 Å². The van der Waals surface area contributed by atoms with Crippen molar-refractivity contribution in [1.82, 2.24) is 24.3 Å². The van der Waals surface area contributed by atoms with Crippen LogP contribution in [-0.2, 0) is 0 Å². The lowest BCUT2D eigenvalue weighted by Gasteiger charge is -2.31. The number of hydrogen-bond donors (Lipinski definition) is 0. The second-order valence-corrected chi connectivity index (χ2v) is 6.69. The van der Waals surface area contributed by atoms with Crippen molar-refractivity contribution >= 4 is 22.2 Å². The molecule has 6 nitrogen and oxygen atoms in total. The van der Waals surface area contributed by atoms with Crippen LogP contribution in [0.25, 0.3) is 4.96 Å². The molecule has 0 N–H and O–H groups in total. The summed E-state index contributed by atoms with van der Waals surface area (Å²) in [4.78, 5) is 28.1. The van der Waals surface area contributed by atoms with Crippen LogP contribution in [0.5, 0.6) is 0 Å². The van der Waals surface area contributed by atoms with Crippen LogP contribution in [0.4, 0.5) is 0 Å². The highest BCUT2D eigenvalue weighted by Gasteiger charge is 2.27. The topological polar surface area (TPSA) is 63.4 Å². The van der Waals surface area contributed by atoms with Crippen LogP contribution in [0.15, 0.2) is 30.2 Å². The van der Waals surface area contributed by atoms with Gasteiger partial charge in [-0.25, -0.2) is 9.97 Å². The van der Waals surface area contributed by atoms with Gasteiger partial charge in [-0.3, -0.25) is 14.2 Å². The van der Waals surface area contributed by atoms with E-state index in [4.69, 9.17) is 0 Å². The molecule has 1 aliphatic rings. The molecule has 4 heterocycles. The number of piperidine rings is 1. The number of imidazole rings is 1. The number of hydrogen-bond acceptors (Lipinski definition) is 5. The first-order chi connectivity index (χ1) is 11.2. The number of aryl methyl sites for hydroxylation is 1. The summed E-state index contributed by atoms with van der Waals surface area (Å²) >= 11 is 1.67. The quantitative estimate of drug-likeness (QED) is 0.725. The molecular weight excluding hydrogens is 310 g/mol. The average Bonchev–Trinajstić information content (AvgIpc) is 3.18. The molecule has 3 aromatic rings. The van der Waals surface area contributed by atoms with Crippen molar-refractivity contribution in [2.24, 2.45) is 0 Å². The standard InChI is InChI=1S/C16H17N5OS/c1-11-8-19-13(9-18-11)15(22)20-5-2-12(3-6-20)14-10-23-16-17-4-7-21(14)16/h4,7-10,12H,2-3,5-6H2,1H3. The normalized spacial score (nSPS) is 16.1. The predicted molar refractivity (Wildman–Crippen MR) is 87.7 cm³/mol. The average molecular weight is 327 g/mol. The lowest BCUT2D eigenvalue weighted by atomic mass is 9.94. The van der Waals surface area contributed by atoms with Gasteiger partial charge in [0.1, 0.15) is 5.69 Å². The van der Waals surface area contributed by atoms with Gasteiger partial charge in [-0.15, -0.1) is 11.3 Å². The van der Waals surface area contributed by atoms with Crippen molar-refractivity contribution in [3.63, 3.8) is 0 Å². The van der Waals surface area contributed by atoms with Crippen LogP contribution in [0.3, 0.4) is 0 Å². The molecule has 0 unspecified atom stereocenters.